The van der Waals surface area contributed by atoms with Gasteiger partial charge in [-0.1, -0.05) is 20.3 Å². The zero-order valence-corrected chi connectivity index (χ0v) is 10.7. The lowest BCUT2D eigenvalue weighted by atomic mass is 10.2. The van der Waals surface area contributed by atoms with Crippen molar-refractivity contribution < 1.29 is 9.47 Å². The largest absolute Gasteiger partial charge is 0.352 e. The van der Waals surface area contributed by atoms with Gasteiger partial charge < -0.3 is 9.47 Å². The van der Waals surface area contributed by atoms with Gasteiger partial charge in [0.05, 0.1) is 0 Å². The van der Waals surface area contributed by atoms with Crippen LogP contribution in [0.5, 0.6) is 0 Å². The molecule has 1 atom stereocenters. The molecule has 0 bridgehead atoms. The summed E-state index contributed by atoms with van der Waals surface area (Å²) in [6.45, 7) is 9.98. The molecule has 2 nitrogen and oxygen atoms in total. The highest BCUT2D eigenvalue weighted by molar-refractivity contribution is 7.99. The Morgan fingerprint density at radius 2 is 1.57 bits per heavy atom. The predicted molar refractivity (Wildman–Crippen MR) is 63.8 cm³/mol. The van der Waals surface area contributed by atoms with Crippen LogP contribution in [0.1, 0.15) is 34.1 Å². The molecule has 0 aliphatic rings. The second kappa shape index (κ2) is 9.81. The number of hydrogen-bond donors (Lipinski definition) is 0. The van der Waals surface area contributed by atoms with Gasteiger partial charge in [-0.2, -0.15) is 11.8 Å². The number of ether oxygens (including phenoxy) is 2. The van der Waals surface area contributed by atoms with Crippen LogP contribution in [0.15, 0.2) is 0 Å². The number of hydrogen-bond acceptors (Lipinski definition) is 3. The molecule has 0 aromatic carbocycles. The topological polar surface area (TPSA) is 18.5 Å². The van der Waals surface area contributed by atoms with Crippen molar-refractivity contribution in [3.05, 3.63) is 0 Å². The van der Waals surface area contributed by atoms with Crippen molar-refractivity contribution in [3.63, 3.8) is 0 Å². The van der Waals surface area contributed by atoms with Gasteiger partial charge in [0.1, 0.15) is 0 Å². The highest BCUT2D eigenvalue weighted by Crippen LogP contribution is 2.14. The van der Waals surface area contributed by atoms with Gasteiger partial charge in [0, 0.05) is 19.0 Å². The smallest absolute Gasteiger partial charge is 0.166 e. The van der Waals surface area contributed by atoms with E-state index in [4.69, 9.17) is 9.47 Å². The van der Waals surface area contributed by atoms with Crippen molar-refractivity contribution in [2.45, 2.75) is 40.4 Å². The van der Waals surface area contributed by atoms with Gasteiger partial charge in [-0.15, -0.1) is 0 Å². The van der Waals surface area contributed by atoms with Crippen molar-refractivity contribution >= 4 is 11.8 Å². The van der Waals surface area contributed by atoms with Crippen molar-refractivity contribution in [1.82, 2.24) is 0 Å². The van der Waals surface area contributed by atoms with Crippen LogP contribution in [0.4, 0.5) is 0 Å². The molecule has 14 heavy (non-hydrogen) atoms. The van der Waals surface area contributed by atoms with E-state index in [2.05, 4.69) is 13.8 Å². The van der Waals surface area contributed by atoms with E-state index < -0.39 is 0 Å². The quantitative estimate of drug-likeness (QED) is 0.556. The fourth-order valence-electron chi connectivity index (χ4n) is 0.999. The van der Waals surface area contributed by atoms with Gasteiger partial charge in [-0.05, 0) is 25.5 Å². The molecular weight excluding hydrogens is 196 g/mol. The Balaban J connectivity index is 3.49. The molecule has 0 rings (SSSR count). The molecule has 0 amide bonds. The molecule has 0 aliphatic heterocycles. The Bertz CT molecular complexity index is 114. The monoisotopic (exact) mass is 220 g/mol. The second-order valence-electron chi connectivity index (χ2n) is 3.39. The predicted octanol–water partition coefficient (Wildman–Crippen LogP) is 3.16. The average Bonchev–Trinajstić information content (AvgIpc) is 2.18. The molecule has 0 heterocycles. The van der Waals surface area contributed by atoms with Gasteiger partial charge >= 0.3 is 0 Å². The van der Waals surface area contributed by atoms with Crippen LogP contribution >= 0.6 is 11.8 Å². The molecule has 1 unspecified atom stereocenters. The Hall–Kier alpha value is 0.270. The summed E-state index contributed by atoms with van der Waals surface area (Å²) >= 11 is 1.92. The maximum atomic E-state index is 5.45. The van der Waals surface area contributed by atoms with Crippen LogP contribution < -0.4 is 0 Å². The summed E-state index contributed by atoms with van der Waals surface area (Å²) in [5, 5.41) is 0. The van der Waals surface area contributed by atoms with E-state index >= 15 is 0 Å². The summed E-state index contributed by atoms with van der Waals surface area (Å²) in [5.41, 5.74) is 0. The van der Waals surface area contributed by atoms with E-state index in [9.17, 15) is 0 Å². The standard InChI is InChI=1S/C11H24O2S/c1-5-10(4)8-14-9-11(12-6-2)13-7-3/h10-11H,5-9H2,1-4H3. The van der Waals surface area contributed by atoms with Crippen molar-refractivity contribution in [3.8, 4) is 0 Å². The van der Waals surface area contributed by atoms with Gasteiger partial charge in [0.2, 0.25) is 0 Å². The minimum atomic E-state index is -0.0148. The minimum absolute atomic E-state index is 0.0148. The molecule has 3 heteroatoms. The normalized spacial score (nSPS) is 13.5. The van der Waals surface area contributed by atoms with E-state index in [-0.39, 0.29) is 6.29 Å². The van der Waals surface area contributed by atoms with Crippen LogP contribution in [0, 0.1) is 5.92 Å². The highest BCUT2D eigenvalue weighted by atomic mass is 32.2. The molecule has 0 fully saturated rings. The fourth-order valence-corrected chi connectivity index (χ4v) is 2.16. The SMILES string of the molecule is CCOC(CSCC(C)CC)OCC. The van der Waals surface area contributed by atoms with E-state index in [1.807, 2.05) is 25.6 Å². The molecule has 0 saturated heterocycles. The molecule has 0 saturated carbocycles. The Morgan fingerprint density at radius 3 is 2.00 bits per heavy atom. The highest BCUT2D eigenvalue weighted by Gasteiger charge is 2.08. The van der Waals surface area contributed by atoms with Gasteiger partial charge in [0.15, 0.2) is 6.29 Å². The van der Waals surface area contributed by atoms with E-state index in [1.54, 1.807) is 0 Å². The Labute approximate surface area is 92.7 Å². The summed E-state index contributed by atoms with van der Waals surface area (Å²) < 4.78 is 10.9. The average molecular weight is 220 g/mol. The molecule has 0 aliphatic carbocycles. The van der Waals surface area contributed by atoms with Crippen LogP contribution in [0.2, 0.25) is 0 Å². The molecule has 0 spiro atoms. The van der Waals surface area contributed by atoms with Gasteiger partial charge in [-0.3, -0.25) is 0 Å². The number of thioether (sulfide) groups is 1. The molecular formula is C11H24O2S. The fraction of sp³-hybridized carbons (Fsp3) is 1.00. The van der Waals surface area contributed by atoms with E-state index in [1.165, 1.54) is 12.2 Å². The summed E-state index contributed by atoms with van der Waals surface area (Å²) in [6, 6.07) is 0. The van der Waals surface area contributed by atoms with E-state index in [0.717, 1.165) is 24.9 Å². The van der Waals surface area contributed by atoms with Crippen LogP contribution in [-0.2, 0) is 9.47 Å². The first-order chi connectivity index (χ1) is 6.74. The van der Waals surface area contributed by atoms with Crippen LogP contribution in [-0.4, -0.2) is 31.0 Å². The van der Waals surface area contributed by atoms with Crippen LogP contribution in [0.3, 0.4) is 0 Å². The van der Waals surface area contributed by atoms with Crippen molar-refractivity contribution in [2.75, 3.05) is 24.7 Å². The first-order valence-corrected chi connectivity index (χ1v) is 6.70. The minimum Gasteiger partial charge on any atom is -0.352 e. The molecule has 0 aromatic heterocycles. The van der Waals surface area contributed by atoms with Crippen molar-refractivity contribution in [1.29, 1.82) is 0 Å². The first kappa shape index (κ1) is 14.3. The van der Waals surface area contributed by atoms with Gasteiger partial charge in [-0.25, -0.2) is 0 Å². The van der Waals surface area contributed by atoms with Gasteiger partial charge in [0.25, 0.3) is 0 Å². The second-order valence-corrected chi connectivity index (χ2v) is 4.47. The molecule has 0 N–H and O–H groups in total. The summed E-state index contributed by atoms with van der Waals surface area (Å²) in [5.74, 6) is 2.95. The maximum Gasteiger partial charge on any atom is 0.166 e. The summed E-state index contributed by atoms with van der Waals surface area (Å²) in [6.07, 6.45) is 1.24. The first-order valence-electron chi connectivity index (χ1n) is 5.55. The third-order valence-corrected chi connectivity index (χ3v) is 3.37. The van der Waals surface area contributed by atoms with E-state index in [0.29, 0.717) is 0 Å². The Kier molecular flexibility index (Phi) is 10.0. The third kappa shape index (κ3) is 7.65. The summed E-state index contributed by atoms with van der Waals surface area (Å²) in [7, 11) is 0. The Morgan fingerprint density at radius 1 is 1.00 bits per heavy atom. The maximum absolute atomic E-state index is 5.45. The van der Waals surface area contributed by atoms with Crippen molar-refractivity contribution in [2.24, 2.45) is 5.92 Å². The number of rotatable bonds is 9. The lowest BCUT2D eigenvalue weighted by Gasteiger charge is -2.17. The molecule has 0 aromatic rings. The van der Waals surface area contributed by atoms with Crippen LogP contribution in [0.25, 0.3) is 0 Å². The molecule has 0 radical (unpaired) electrons. The lowest BCUT2D eigenvalue weighted by Crippen LogP contribution is -2.20. The lowest BCUT2D eigenvalue weighted by molar-refractivity contribution is -0.120. The summed E-state index contributed by atoms with van der Waals surface area (Å²) in [4.78, 5) is 0. The third-order valence-electron chi connectivity index (χ3n) is 2.06. The zero-order chi connectivity index (χ0) is 10.8. The molecule has 86 valence electrons. The zero-order valence-electron chi connectivity index (χ0n) is 9.91.